The Morgan fingerprint density at radius 2 is 2.35 bits per heavy atom. The molecular formula is C12H15N3O2. The van der Waals surface area contributed by atoms with E-state index in [4.69, 9.17) is 4.74 Å². The summed E-state index contributed by atoms with van der Waals surface area (Å²) in [6.45, 7) is 3.92. The molecule has 0 radical (unpaired) electrons. The van der Waals surface area contributed by atoms with E-state index in [2.05, 4.69) is 21.6 Å². The van der Waals surface area contributed by atoms with Gasteiger partial charge in [-0.15, -0.1) is 5.10 Å². The number of rotatable bonds is 3. The summed E-state index contributed by atoms with van der Waals surface area (Å²) in [5, 5.41) is 11.2. The fourth-order valence-corrected chi connectivity index (χ4v) is 1.67. The van der Waals surface area contributed by atoms with E-state index in [1.807, 2.05) is 6.07 Å². The molecule has 0 unspecified atom stereocenters. The second-order valence-corrected chi connectivity index (χ2v) is 3.71. The molecule has 2 rings (SSSR count). The minimum Gasteiger partial charge on any atom is -0.461 e. The molecule has 0 aromatic carbocycles. The number of esters is 1. The van der Waals surface area contributed by atoms with Crippen molar-refractivity contribution in [2.45, 2.75) is 13.3 Å². The highest BCUT2D eigenvalue weighted by Crippen LogP contribution is 2.16. The molecule has 1 N–H and O–H groups in total. The normalized spacial score (nSPS) is 15.2. The van der Waals surface area contributed by atoms with Crippen molar-refractivity contribution < 1.29 is 9.53 Å². The summed E-state index contributed by atoms with van der Waals surface area (Å²) in [6, 6.07) is 3.47. The predicted molar refractivity (Wildman–Crippen MR) is 63.5 cm³/mol. The van der Waals surface area contributed by atoms with Crippen molar-refractivity contribution in [3.63, 3.8) is 0 Å². The molecule has 1 aliphatic rings. The number of nitrogens with zero attached hydrogens (tertiary/aromatic N) is 2. The molecule has 1 aromatic rings. The monoisotopic (exact) mass is 233 g/mol. The summed E-state index contributed by atoms with van der Waals surface area (Å²) >= 11 is 0. The summed E-state index contributed by atoms with van der Waals surface area (Å²) < 4.78 is 4.85. The lowest BCUT2D eigenvalue weighted by Gasteiger charge is -2.12. The molecule has 5 nitrogen and oxygen atoms in total. The Balaban J connectivity index is 2.12. The van der Waals surface area contributed by atoms with Gasteiger partial charge in [0.15, 0.2) is 5.69 Å². The molecule has 0 bridgehead atoms. The predicted octanol–water partition coefficient (Wildman–Crippen LogP) is 1.03. The fourth-order valence-electron chi connectivity index (χ4n) is 1.67. The van der Waals surface area contributed by atoms with Gasteiger partial charge in [0.2, 0.25) is 0 Å². The number of ether oxygens (including phenoxy) is 1. The van der Waals surface area contributed by atoms with Crippen LogP contribution < -0.4 is 5.32 Å². The largest absolute Gasteiger partial charge is 0.461 e. The number of aromatic nitrogens is 2. The summed E-state index contributed by atoms with van der Waals surface area (Å²) in [7, 11) is 0. The van der Waals surface area contributed by atoms with Crippen molar-refractivity contribution in [1.82, 2.24) is 15.5 Å². The summed E-state index contributed by atoms with van der Waals surface area (Å²) in [4.78, 5) is 11.4. The second kappa shape index (κ2) is 5.54. The molecule has 2 heterocycles. The van der Waals surface area contributed by atoms with E-state index >= 15 is 0 Å². The Bertz CT molecular complexity index is 426. The molecule has 0 spiro atoms. The molecule has 90 valence electrons. The molecule has 0 atom stereocenters. The van der Waals surface area contributed by atoms with Crippen LogP contribution in [0.25, 0.3) is 5.57 Å². The van der Waals surface area contributed by atoms with E-state index in [9.17, 15) is 4.79 Å². The van der Waals surface area contributed by atoms with Crippen LogP contribution in [0.1, 0.15) is 29.5 Å². The Labute approximate surface area is 99.9 Å². The maximum absolute atomic E-state index is 11.4. The molecule has 0 amide bonds. The van der Waals surface area contributed by atoms with Crippen LogP contribution in [-0.4, -0.2) is 35.9 Å². The van der Waals surface area contributed by atoms with Crippen molar-refractivity contribution >= 4 is 11.5 Å². The zero-order valence-corrected chi connectivity index (χ0v) is 9.77. The van der Waals surface area contributed by atoms with E-state index in [1.165, 1.54) is 5.57 Å². The lowest BCUT2D eigenvalue weighted by Crippen LogP contribution is -2.20. The van der Waals surface area contributed by atoms with Gasteiger partial charge in [-0.25, -0.2) is 4.79 Å². The van der Waals surface area contributed by atoms with E-state index in [0.717, 1.165) is 25.2 Å². The number of hydrogen-bond acceptors (Lipinski definition) is 5. The smallest absolute Gasteiger partial charge is 0.358 e. The van der Waals surface area contributed by atoms with E-state index in [0.29, 0.717) is 6.61 Å². The zero-order valence-electron chi connectivity index (χ0n) is 9.77. The third kappa shape index (κ3) is 2.88. The number of hydrogen-bond donors (Lipinski definition) is 1. The van der Waals surface area contributed by atoms with E-state index in [-0.39, 0.29) is 5.69 Å². The van der Waals surface area contributed by atoms with E-state index < -0.39 is 5.97 Å². The fraction of sp³-hybridized carbons (Fsp3) is 0.417. The molecular weight excluding hydrogens is 218 g/mol. The zero-order chi connectivity index (χ0) is 12.1. The quantitative estimate of drug-likeness (QED) is 0.790. The molecule has 0 aliphatic carbocycles. The Morgan fingerprint density at radius 1 is 1.47 bits per heavy atom. The van der Waals surface area contributed by atoms with Gasteiger partial charge in [-0.1, -0.05) is 6.08 Å². The van der Waals surface area contributed by atoms with Crippen molar-refractivity contribution in [3.8, 4) is 0 Å². The summed E-state index contributed by atoms with van der Waals surface area (Å²) in [6.07, 6.45) is 3.03. The van der Waals surface area contributed by atoms with Crippen LogP contribution in [-0.2, 0) is 4.74 Å². The molecule has 0 saturated carbocycles. The van der Waals surface area contributed by atoms with E-state index in [1.54, 1.807) is 13.0 Å². The van der Waals surface area contributed by atoms with Crippen LogP contribution in [0.15, 0.2) is 18.2 Å². The van der Waals surface area contributed by atoms with Gasteiger partial charge in [-0.05, 0) is 37.6 Å². The van der Waals surface area contributed by atoms with Crippen LogP contribution in [0.2, 0.25) is 0 Å². The minimum absolute atomic E-state index is 0.255. The third-order valence-electron chi connectivity index (χ3n) is 2.54. The maximum atomic E-state index is 11.4. The number of carbonyl (C=O) groups excluding carboxylic acids is 1. The first-order valence-electron chi connectivity index (χ1n) is 5.72. The van der Waals surface area contributed by atoms with Gasteiger partial charge in [-0.3, -0.25) is 0 Å². The molecule has 1 aliphatic heterocycles. The number of carbonyl (C=O) groups is 1. The highest BCUT2D eigenvalue weighted by molar-refractivity contribution is 5.87. The SMILES string of the molecule is CCOC(=O)c1ccc(C2=CCNCC2)nn1. The first-order chi connectivity index (χ1) is 8.31. The van der Waals surface area contributed by atoms with Gasteiger partial charge in [0, 0.05) is 6.54 Å². The first kappa shape index (κ1) is 11.7. The third-order valence-corrected chi connectivity index (χ3v) is 2.54. The van der Waals surface area contributed by atoms with Gasteiger partial charge >= 0.3 is 5.97 Å². The van der Waals surface area contributed by atoms with Crippen LogP contribution in [0.3, 0.4) is 0 Å². The highest BCUT2D eigenvalue weighted by Gasteiger charge is 2.11. The van der Waals surface area contributed by atoms with Crippen molar-refractivity contribution in [3.05, 3.63) is 29.6 Å². The van der Waals surface area contributed by atoms with Crippen LogP contribution in [0.5, 0.6) is 0 Å². The Morgan fingerprint density at radius 3 is 2.94 bits per heavy atom. The first-order valence-corrected chi connectivity index (χ1v) is 5.72. The minimum atomic E-state index is -0.425. The van der Waals surface area contributed by atoms with Gasteiger partial charge in [-0.2, -0.15) is 5.10 Å². The van der Waals surface area contributed by atoms with Crippen LogP contribution in [0, 0.1) is 0 Å². The Hall–Kier alpha value is -1.75. The lowest BCUT2D eigenvalue weighted by molar-refractivity contribution is 0.0518. The Kier molecular flexibility index (Phi) is 3.82. The topological polar surface area (TPSA) is 64.1 Å². The van der Waals surface area contributed by atoms with Gasteiger partial charge < -0.3 is 10.1 Å². The van der Waals surface area contributed by atoms with Crippen molar-refractivity contribution in [2.75, 3.05) is 19.7 Å². The maximum Gasteiger partial charge on any atom is 0.358 e. The highest BCUT2D eigenvalue weighted by atomic mass is 16.5. The molecule has 1 aromatic heterocycles. The molecule has 17 heavy (non-hydrogen) atoms. The van der Waals surface area contributed by atoms with Gasteiger partial charge in [0.1, 0.15) is 0 Å². The average Bonchev–Trinajstić information content (AvgIpc) is 2.40. The molecule has 5 heteroatoms. The van der Waals surface area contributed by atoms with Gasteiger partial charge in [0.25, 0.3) is 0 Å². The lowest BCUT2D eigenvalue weighted by atomic mass is 10.1. The summed E-state index contributed by atoms with van der Waals surface area (Å²) in [5.41, 5.74) is 2.26. The van der Waals surface area contributed by atoms with Crippen molar-refractivity contribution in [2.24, 2.45) is 0 Å². The van der Waals surface area contributed by atoms with Crippen molar-refractivity contribution in [1.29, 1.82) is 0 Å². The average molecular weight is 233 g/mol. The second-order valence-electron chi connectivity index (χ2n) is 3.71. The van der Waals surface area contributed by atoms with Crippen LogP contribution in [0.4, 0.5) is 0 Å². The molecule has 0 saturated heterocycles. The number of nitrogens with one attached hydrogen (secondary N) is 1. The van der Waals surface area contributed by atoms with Crippen LogP contribution >= 0.6 is 0 Å². The van der Waals surface area contributed by atoms with Gasteiger partial charge in [0.05, 0.1) is 12.3 Å². The summed E-state index contributed by atoms with van der Waals surface area (Å²) in [5.74, 6) is -0.425. The standard InChI is InChI=1S/C12H15N3O2/c1-2-17-12(16)11-4-3-10(14-15-11)9-5-7-13-8-6-9/h3-5,13H,2,6-8H2,1H3. The molecule has 0 fully saturated rings.